The van der Waals surface area contributed by atoms with Crippen molar-refractivity contribution in [1.29, 1.82) is 0 Å². The molecule has 1 amide bonds. The van der Waals surface area contributed by atoms with Gasteiger partial charge in [0, 0.05) is 11.1 Å². The Labute approximate surface area is 110 Å². The summed E-state index contributed by atoms with van der Waals surface area (Å²) in [7, 11) is 0. The highest BCUT2D eigenvalue weighted by Gasteiger charge is 2.10. The van der Waals surface area contributed by atoms with Crippen LogP contribution in [-0.2, 0) is 0 Å². The Bertz CT molecular complexity index is 572. The molecule has 92 valence electrons. The third-order valence-corrected chi connectivity index (χ3v) is 3.14. The third kappa shape index (κ3) is 2.87. The molecule has 0 aliphatic carbocycles. The lowest BCUT2D eigenvalue weighted by molar-refractivity contribution is 0.102. The van der Waals surface area contributed by atoms with Crippen LogP contribution in [0.4, 0.5) is 5.69 Å². The number of para-hydroxylation sites is 1. The maximum Gasteiger partial charge on any atom is 0.275 e. The summed E-state index contributed by atoms with van der Waals surface area (Å²) in [6.45, 7) is 1.81. The van der Waals surface area contributed by atoms with E-state index in [4.69, 9.17) is 0 Å². The first-order chi connectivity index (χ1) is 8.70. The van der Waals surface area contributed by atoms with Crippen molar-refractivity contribution in [3.8, 4) is 0 Å². The third-order valence-electron chi connectivity index (χ3n) is 2.34. The zero-order valence-electron chi connectivity index (χ0n) is 10.2. The van der Waals surface area contributed by atoms with Gasteiger partial charge in [0.05, 0.1) is 17.6 Å². The van der Waals surface area contributed by atoms with E-state index < -0.39 is 0 Å². The Morgan fingerprint density at radius 1 is 1.28 bits per heavy atom. The summed E-state index contributed by atoms with van der Waals surface area (Å²) in [5.74, 6) is -0.243. The molecule has 1 heterocycles. The minimum absolute atomic E-state index is 0.243. The monoisotopic (exact) mass is 259 g/mol. The Hall–Kier alpha value is -1.88. The molecular weight excluding hydrogens is 246 g/mol. The molecule has 1 aromatic carbocycles. The normalized spacial score (nSPS) is 10.1. The van der Waals surface area contributed by atoms with E-state index in [9.17, 15) is 4.79 Å². The predicted molar refractivity (Wildman–Crippen MR) is 72.9 cm³/mol. The number of amides is 1. The first kappa shape index (κ1) is 12.6. The summed E-state index contributed by atoms with van der Waals surface area (Å²) in [6, 6.07) is 7.65. The average molecular weight is 259 g/mol. The number of carbonyl (C=O) groups excluding carboxylic acids is 1. The molecule has 0 saturated carbocycles. The lowest BCUT2D eigenvalue weighted by Crippen LogP contribution is -2.15. The van der Waals surface area contributed by atoms with Crippen LogP contribution < -0.4 is 5.32 Å². The largest absolute Gasteiger partial charge is 0.320 e. The van der Waals surface area contributed by atoms with E-state index in [0.717, 1.165) is 16.3 Å². The molecule has 0 aliphatic heterocycles. The zero-order chi connectivity index (χ0) is 13.0. The Balaban J connectivity index is 2.21. The summed E-state index contributed by atoms with van der Waals surface area (Å²) in [5, 5.41) is 2.84. The molecule has 0 radical (unpaired) electrons. The molecule has 0 saturated heterocycles. The molecule has 0 atom stereocenters. The van der Waals surface area contributed by atoms with Gasteiger partial charge in [-0.25, -0.2) is 4.98 Å². The molecule has 2 aromatic rings. The van der Waals surface area contributed by atoms with Gasteiger partial charge in [0.25, 0.3) is 5.91 Å². The maximum absolute atomic E-state index is 12.0. The Kier molecular flexibility index (Phi) is 3.94. The van der Waals surface area contributed by atoms with Crippen molar-refractivity contribution in [2.45, 2.75) is 11.8 Å². The van der Waals surface area contributed by atoms with E-state index in [1.165, 1.54) is 6.20 Å². The fraction of sp³-hybridized carbons (Fsp3) is 0.154. The van der Waals surface area contributed by atoms with Crippen molar-refractivity contribution in [2.24, 2.45) is 0 Å². The number of benzene rings is 1. The predicted octanol–water partition coefficient (Wildman–Crippen LogP) is 2.76. The van der Waals surface area contributed by atoms with Gasteiger partial charge in [-0.1, -0.05) is 12.1 Å². The molecule has 0 spiro atoms. The van der Waals surface area contributed by atoms with Crippen LogP contribution in [0.3, 0.4) is 0 Å². The zero-order valence-corrected chi connectivity index (χ0v) is 11.0. The number of nitrogens with one attached hydrogen (secondary N) is 1. The quantitative estimate of drug-likeness (QED) is 0.861. The van der Waals surface area contributed by atoms with Crippen molar-refractivity contribution in [3.63, 3.8) is 0 Å². The van der Waals surface area contributed by atoms with E-state index in [-0.39, 0.29) is 5.91 Å². The summed E-state index contributed by atoms with van der Waals surface area (Å²) >= 11 is 1.58. The first-order valence-corrected chi connectivity index (χ1v) is 6.66. The fourth-order valence-electron chi connectivity index (χ4n) is 1.51. The molecule has 2 rings (SSSR count). The van der Waals surface area contributed by atoms with E-state index in [2.05, 4.69) is 15.3 Å². The highest BCUT2D eigenvalue weighted by Crippen LogP contribution is 2.24. The summed E-state index contributed by atoms with van der Waals surface area (Å²) in [5.41, 5.74) is 1.84. The molecule has 0 bridgehead atoms. The van der Waals surface area contributed by atoms with E-state index >= 15 is 0 Å². The number of rotatable bonds is 3. The number of hydrogen-bond donors (Lipinski definition) is 1. The van der Waals surface area contributed by atoms with Crippen LogP contribution >= 0.6 is 11.8 Å². The molecule has 0 aliphatic rings. The highest BCUT2D eigenvalue weighted by atomic mass is 32.2. The number of hydrogen-bond acceptors (Lipinski definition) is 4. The van der Waals surface area contributed by atoms with Crippen LogP contribution in [0, 0.1) is 6.92 Å². The number of aromatic nitrogens is 2. The van der Waals surface area contributed by atoms with E-state index in [1.54, 1.807) is 24.9 Å². The van der Waals surface area contributed by atoms with Gasteiger partial charge in [0.2, 0.25) is 0 Å². The SMILES string of the molecule is CSc1ccccc1NC(=O)c1cncc(C)n1. The molecular formula is C13H13N3OS. The van der Waals surface area contributed by atoms with Gasteiger partial charge in [-0.05, 0) is 25.3 Å². The molecule has 0 unspecified atom stereocenters. The lowest BCUT2D eigenvalue weighted by Gasteiger charge is -2.08. The topological polar surface area (TPSA) is 54.9 Å². The second kappa shape index (κ2) is 5.64. The number of carbonyl (C=O) groups is 1. The Morgan fingerprint density at radius 2 is 2.06 bits per heavy atom. The van der Waals surface area contributed by atoms with Crippen molar-refractivity contribution < 1.29 is 4.79 Å². The highest BCUT2D eigenvalue weighted by molar-refractivity contribution is 7.98. The second-order valence-corrected chi connectivity index (χ2v) is 4.55. The number of aryl methyl sites for hydroxylation is 1. The van der Waals surface area contributed by atoms with Crippen molar-refractivity contribution in [1.82, 2.24) is 9.97 Å². The van der Waals surface area contributed by atoms with Gasteiger partial charge in [-0.15, -0.1) is 11.8 Å². The van der Waals surface area contributed by atoms with Crippen LogP contribution in [0.25, 0.3) is 0 Å². The van der Waals surface area contributed by atoms with Gasteiger partial charge in [-0.2, -0.15) is 0 Å². The Morgan fingerprint density at radius 3 is 2.78 bits per heavy atom. The van der Waals surface area contributed by atoms with Gasteiger partial charge < -0.3 is 5.32 Å². The van der Waals surface area contributed by atoms with Crippen molar-refractivity contribution >= 4 is 23.4 Å². The van der Waals surface area contributed by atoms with Crippen LogP contribution in [0.1, 0.15) is 16.2 Å². The molecule has 5 heteroatoms. The van der Waals surface area contributed by atoms with Crippen molar-refractivity contribution in [3.05, 3.63) is 48.0 Å². The summed E-state index contributed by atoms with van der Waals surface area (Å²) in [6.07, 6.45) is 5.05. The minimum atomic E-state index is -0.243. The molecule has 1 aromatic heterocycles. The molecule has 4 nitrogen and oxygen atoms in total. The molecule has 1 N–H and O–H groups in total. The van der Waals surface area contributed by atoms with Crippen LogP contribution in [0.2, 0.25) is 0 Å². The smallest absolute Gasteiger partial charge is 0.275 e. The standard InChI is InChI=1S/C13H13N3OS/c1-9-7-14-8-11(15-9)13(17)16-10-5-3-4-6-12(10)18-2/h3-8H,1-2H3,(H,16,17). The maximum atomic E-state index is 12.0. The van der Waals surface area contributed by atoms with Crippen LogP contribution in [0.15, 0.2) is 41.6 Å². The van der Waals surface area contributed by atoms with Gasteiger partial charge in [-0.3, -0.25) is 9.78 Å². The molecule has 18 heavy (non-hydrogen) atoms. The fourth-order valence-corrected chi connectivity index (χ4v) is 2.06. The van der Waals surface area contributed by atoms with E-state index in [1.807, 2.05) is 30.5 Å². The minimum Gasteiger partial charge on any atom is -0.320 e. The number of thioether (sulfide) groups is 1. The number of anilines is 1. The summed E-state index contributed by atoms with van der Waals surface area (Å²) < 4.78 is 0. The lowest BCUT2D eigenvalue weighted by atomic mass is 10.3. The van der Waals surface area contributed by atoms with E-state index in [0.29, 0.717) is 5.69 Å². The second-order valence-electron chi connectivity index (χ2n) is 3.70. The number of nitrogens with zero attached hydrogens (tertiary/aromatic N) is 2. The van der Waals surface area contributed by atoms with Gasteiger partial charge in [0.15, 0.2) is 0 Å². The van der Waals surface area contributed by atoms with Crippen molar-refractivity contribution in [2.75, 3.05) is 11.6 Å². The average Bonchev–Trinajstić information content (AvgIpc) is 2.39. The van der Waals surface area contributed by atoms with Crippen LogP contribution in [0.5, 0.6) is 0 Å². The summed E-state index contributed by atoms with van der Waals surface area (Å²) in [4.78, 5) is 21.1. The first-order valence-electron chi connectivity index (χ1n) is 5.43. The van der Waals surface area contributed by atoms with Gasteiger partial charge in [0.1, 0.15) is 5.69 Å². The van der Waals surface area contributed by atoms with Crippen LogP contribution in [-0.4, -0.2) is 22.1 Å². The molecule has 0 fully saturated rings. The van der Waals surface area contributed by atoms with Gasteiger partial charge >= 0.3 is 0 Å².